The SMILES string of the molecule is O=C(Cc1c([N+](=O)[O-])cc([N+](=O)[O-])c2cccnc12)c1ccccc1. The normalized spacial score (nSPS) is 10.6. The Morgan fingerprint density at radius 2 is 1.64 bits per heavy atom. The summed E-state index contributed by atoms with van der Waals surface area (Å²) in [4.78, 5) is 37.7. The second-order valence-corrected chi connectivity index (χ2v) is 5.27. The molecule has 0 aliphatic carbocycles. The van der Waals surface area contributed by atoms with Crippen molar-refractivity contribution in [2.45, 2.75) is 6.42 Å². The highest BCUT2D eigenvalue weighted by atomic mass is 16.6. The number of rotatable bonds is 5. The van der Waals surface area contributed by atoms with Gasteiger partial charge in [0.25, 0.3) is 11.4 Å². The monoisotopic (exact) mass is 337 g/mol. The topological polar surface area (TPSA) is 116 Å². The van der Waals surface area contributed by atoms with Gasteiger partial charge in [0.2, 0.25) is 0 Å². The van der Waals surface area contributed by atoms with Crippen LogP contribution in [0.1, 0.15) is 15.9 Å². The second-order valence-electron chi connectivity index (χ2n) is 5.27. The molecule has 0 unspecified atom stereocenters. The van der Waals surface area contributed by atoms with Crippen molar-refractivity contribution in [1.29, 1.82) is 0 Å². The van der Waals surface area contributed by atoms with Crippen LogP contribution < -0.4 is 0 Å². The van der Waals surface area contributed by atoms with E-state index in [1.54, 1.807) is 30.3 Å². The standard InChI is InChI=1S/C17H11N3O5/c21-16(11-5-2-1-3-6-11)9-13-15(20(24)25)10-14(19(22)23)12-7-4-8-18-17(12)13/h1-8,10H,9H2. The summed E-state index contributed by atoms with van der Waals surface area (Å²) in [6, 6.07) is 12.2. The number of aromatic nitrogens is 1. The van der Waals surface area contributed by atoms with E-state index in [-0.39, 0.29) is 28.7 Å². The molecule has 1 heterocycles. The molecule has 1 aromatic heterocycles. The van der Waals surface area contributed by atoms with Gasteiger partial charge in [-0.2, -0.15) is 0 Å². The van der Waals surface area contributed by atoms with E-state index in [2.05, 4.69) is 4.98 Å². The minimum Gasteiger partial charge on any atom is -0.294 e. The summed E-state index contributed by atoms with van der Waals surface area (Å²) in [5.74, 6) is -0.329. The third-order valence-electron chi connectivity index (χ3n) is 3.78. The first-order valence-corrected chi connectivity index (χ1v) is 7.26. The number of non-ortho nitro benzene ring substituents is 1. The Morgan fingerprint density at radius 1 is 0.960 bits per heavy atom. The van der Waals surface area contributed by atoms with Crippen LogP contribution in [0.4, 0.5) is 11.4 Å². The van der Waals surface area contributed by atoms with Crippen LogP contribution >= 0.6 is 0 Å². The van der Waals surface area contributed by atoms with E-state index in [0.29, 0.717) is 5.56 Å². The van der Waals surface area contributed by atoms with Gasteiger partial charge in [-0.1, -0.05) is 30.3 Å². The Hall–Kier alpha value is -3.68. The van der Waals surface area contributed by atoms with Gasteiger partial charge in [0, 0.05) is 18.2 Å². The first-order chi connectivity index (χ1) is 12.0. The number of nitrogens with zero attached hydrogens (tertiary/aromatic N) is 3. The summed E-state index contributed by atoms with van der Waals surface area (Å²) < 4.78 is 0. The van der Waals surface area contributed by atoms with E-state index in [9.17, 15) is 25.0 Å². The maximum absolute atomic E-state index is 12.5. The van der Waals surface area contributed by atoms with Gasteiger partial charge in [-0.3, -0.25) is 30.0 Å². The second kappa shape index (κ2) is 6.44. The molecule has 8 nitrogen and oxygen atoms in total. The van der Waals surface area contributed by atoms with Crippen LogP contribution in [-0.2, 0) is 6.42 Å². The Bertz CT molecular complexity index is 1000. The predicted octanol–water partition coefficient (Wildman–Crippen LogP) is 3.48. The van der Waals surface area contributed by atoms with Crippen LogP contribution in [0.2, 0.25) is 0 Å². The van der Waals surface area contributed by atoms with E-state index in [1.807, 2.05) is 0 Å². The Balaban J connectivity index is 2.21. The molecule has 0 amide bonds. The third kappa shape index (κ3) is 3.05. The van der Waals surface area contributed by atoms with Crippen molar-refractivity contribution in [2.24, 2.45) is 0 Å². The van der Waals surface area contributed by atoms with Crippen molar-refractivity contribution in [3.8, 4) is 0 Å². The fourth-order valence-electron chi connectivity index (χ4n) is 2.64. The van der Waals surface area contributed by atoms with Crippen LogP contribution in [0.5, 0.6) is 0 Å². The maximum Gasteiger partial charge on any atom is 0.285 e. The van der Waals surface area contributed by atoms with Gasteiger partial charge < -0.3 is 0 Å². The molecule has 2 aromatic carbocycles. The van der Waals surface area contributed by atoms with Crippen molar-refractivity contribution < 1.29 is 14.6 Å². The van der Waals surface area contributed by atoms with Crippen molar-refractivity contribution in [3.05, 3.63) is 86.1 Å². The molecular weight excluding hydrogens is 326 g/mol. The lowest BCUT2D eigenvalue weighted by Gasteiger charge is -2.07. The Labute approximate surface area is 141 Å². The van der Waals surface area contributed by atoms with Gasteiger partial charge >= 0.3 is 0 Å². The van der Waals surface area contributed by atoms with E-state index in [1.165, 1.54) is 18.3 Å². The van der Waals surface area contributed by atoms with Crippen molar-refractivity contribution in [1.82, 2.24) is 4.98 Å². The lowest BCUT2D eigenvalue weighted by atomic mass is 9.98. The number of benzene rings is 2. The van der Waals surface area contributed by atoms with Gasteiger partial charge in [0.15, 0.2) is 5.78 Å². The van der Waals surface area contributed by atoms with E-state index in [4.69, 9.17) is 0 Å². The zero-order valence-electron chi connectivity index (χ0n) is 12.8. The van der Waals surface area contributed by atoms with Gasteiger partial charge in [0.1, 0.15) is 0 Å². The summed E-state index contributed by atoms with van der Waals surface area (Å²) in [6.45, 7) is 0. The van der Waals surface area contributed by atoms with Crippen LogP contribution in [0.25, 0.3) is 10.9 Å². The smallest absolute Gasteiger partial charge is 0.285 e. The van der Waals surface area contributed by atoms with Crippen molar-refractivity contribution in [2.75, 3.05) is 0 Å². The number of fused-ring (bicyclic) bond motifs is 1. The number of ketones is 1. The predicted molar refractivity (Wildman–Crippen MR) is 89.5 cm³/mol. The lowest BCUT2D eigenvalue weighted by molar-refractivity contribution is -0.393. The molecule has 0 spiro atoms. The number of hydrogen-bond acceptors (Lipinski definition) is 6. The summed E-state index contributed by atoms with van der Waals surface area (Å²) >= 11 is 0. The quantitative estimate of drug-likeness (QED) is 0.400. The zero-order valence-corrected chi connectivity index (χ0v) is 12.8. The highest BCUT2D eigenvalue weighted by Gasteiger charge is 2.27. The molecule has 0 N–H and O–H groups in total. The molecule has 0 aliphatic heterocycles. The van der Waals surface area contributed by atoms with Crippen molar-refractivity contribution >= 4 is 28.1 Å². The average Bonchev–Trinajstić information content (AvgIpc) is 2.62. The van der Waals surface area contributed by atoms with E-state index < -0.39 is 21.2 Å². The molecule has 3 aromatic rings. The summed E-state index contributed by atoms with van der Waals surface area (Å²) in [5.41, 5.74) is -0.333. The first-order valence-electron chi connectivity index (χ1n) is 7.26. The van der Waals surface area contributed by atoms with E-state index >= 15 is 0 Å². The number of Topliss-reactive ketones (excluding diaryl/α,β-unsaturated/α-hetero) is 1. The molecule has 0 fully saturated rings. The van der Waals surface area contributed by atoms with Crippen LogP contribution in [-0.4, -0.2) is 20.6 Å². The molecule has 0 saturated carbocycles. The lowest BCUT2D eigenvalue weighted by Crippen LogP contribution is -2.08. The highest BCUT2D eigenvalue weighted by molar-refractivity contribution is 6.02. The fourth-order valence-corrected chi connectivity index (χ4v) is 2.64. The molecule has 0 radical (unpaired) electrons. The molecule has 124 valence electrons. The molecule has 25 heavy (non-hydrogen) atoms. The van der Waals surface area contributed by atoms with Gasteiger partial charge in [-0.25, -0.2) is 0 Å². The van der Waals surface area contributed by atoms with Gasteiger partial charge in [0.05, 0.1) is 32.4 Å². The largest absolute Gasteiger partial charge is 0.294 e. The number of carbonyl (C=O) groups excluding carboxylic acids is 1. The fraction of sp³-hybridized carbons (Fsp3) is 0.0588. The Morgan fingerprint density at radius 3 is 2.28 bits per heavy atom. The van der Waals surface area contributed by atoms with Gasteiger partial charge in [-0.15, -0.1) is 0 Å². The molecule has 8 heteroatoms. The van der Waals surface area contributed by atoms with Crippen LogP contribution in [0.3, 0.4) is 0 Å². The number of pyridine rings is 1. The van der Waals surface area contributed by atoms with Crippen LogP contribution in [0.15, 0.2) is 54.7 Å². The summed E-state index contributed by atoms with van der Waals surface area (Å²) in [5, 5.41) is 22.8. The molecule has 0 saturated heterocycles. The minimum absolute atomic E-state index is 0.0695. The molecular formula is C17H11N3O5. The molecule has 0 atom stereocenters. The van der Waals surface area contributed by atoms with E-state index in [0.717, 1.165) is 6.07 Å². The van der Waals surface area contributed by atoms with Crippen molar-refractivity contribution in [3.63, 3.8) is 0 Å². The number of nitro benzene ring substituents is 2. The first kappa shape index (κ1) is 16.2. The summed E-state index contributed by atoms with van der Waals surface area (Å²) in [6.07, 6.45) is 1.11. The number of carbonyl (C=O) groups is 1. The highest BCUT2D eigenvalue weighted by Crippen LogP contribution is 2.35. The molecule has 0 aliphatic rings. The third-order valence-corrected chi connectivity index (χ3v) is 3.78. The van der Waals surface area contributed by atoms with Gasteiger partial charge in [-0.05, 0) is 12.1 Å². The maximum atomic E-state index is 12.5. The number of nitro groups is 2. The molecule has 3 rings (SSSR count). The molecule has 0 bridgehead atoms. The minimum atomic E-state index is -0.727. The Kier molecular flexibility index (Phi) is 4.17. The average molecular weight is 337 g/mol. The number of hydrogen-bond donors (Lipinski definition) is 0. The zero-order chi connectivity index (χ0) is 18.0. The summed E-state index contributed by atoms with van der Waals surface area (Å²) in [7, 11) is 0. The van der Waals surface area contributed by atoms with Crippen LogP contribution in [0, 0.1) is 20.2 Å².